The average molecular weight is 463 g/mol. The van der Waals surface area contributed by atoms with E-state index in [2.05, 4.69) is 4.99 Å². The third-order valence-electron chi connectivity index (χ3n) is 5.00. The minimum absolute atomic E-state index is 0.136. The average Bonchev–Trinajstić information content (AvgIpc) is 3.43. The van der Waals surface area contributed by atoms with Gasteiger partial charge in [0.1, 0.15) is 17.3 Å². The lowest BCUT2D eigenvalue weighted by Crippen LogP contribution is -2.28. The molecule has 2 aromatic carbocycles. The van der Waals surface area contributed by atoms with Crippen LogP contribution in [0.4, 0.5) is 5.69 Å². The van der Waals surface area contributed by atoms with Gasteiger partial charge in [0.25, 0.3) is 5.91 Å². The number of thioether (sulfide) groups is 1. The maximum Gasteiger partial charge on any atom is 0.338 e. The molecule has 0 unspecified atom stereocenters. The highest BCUT2D eigenvalue weighted by molar-refractivity contribution is 8.18. The summed E-state index contributed by atoms with van der Waals surface area (Å²) < 4.78 is 16.0. The van der Waals surface area contributed by atoms with E-state index in [1.54, 1.807) is 48.4 Å². The highest BCUT2D eigenvalue weighted by Gasteiger charge is 2.32. The van der Waals surface area contributed by atoms with Gasteiger partial charge in [-0.05, 0) is 61.2 Å². The van der Waals surface area contributed by atoms with Crippen LogP contribution in [0.15, 0.2) is 75.0 Å². The van der Waals surface area contributed by atoms with E-state index in [-0.39, 0.29) is 5.91 Å². The van der Waals surface area contributed by atoms with E-state index in [4.69, 9.17) is 13.9 Å². The molecule has 0 spiro atoms. The number of furan rings is 1. The number of likely N-dealkylation sites (N-methyl/N-ethyl adjacent to an activating group) is 1. The SMILES string of the molecule is CCN1C(=O)/C(=C\c2ccc(-c3ccccc3C(=O)OC)o2)SC1=Nc1ccc(OC)cc1. The van der Waals surface area contributed by atoms with Crippen LogP contribution in [-0.4, -0.2) is 42.7 Å². The van der Waals surface area contributed by atoms with E-state index in [9.17, 15) is 9.59 Å². The number of hydrogen-bond acceptors (Lipinski definition) is 7. The molecule has 1 aromatic heterocycles. The number of hydrogen-bond donors (Lipinski definition) is 0. The predicted octanol–water partition coefficient (Wildman–Crippen LogP) is 5.37. The second-order valence-corrected chi connectivity index (χ2v) is 8.00. The summed E-state index contributed by atoms with van der Waals surface area (Å²) in [5.74, 6) is 1.17. The Bertz CT molecular complexity index is 1240. The van der Waals surface area contributed by atoms with Crippen LogP contribution in [0.2, 0.25) is 0 Å². The van der Waals surface area contributed by atoms with Crippen molar-refractivity contribution in [3.8, 4) is 17.1 Å². The Labute approximate surface area is 195 Å². The van der Waals surface area contributed by atoms with Gasteiger partial charge in [0.2, 0.25) is 0 Å². The van der Waals surface area contributed by atoms with Gasteiger partial charge in [-0.3, -0.25) is 9.69 Å². The molecule has 8 heteroatoms. The molecule has 1 saturated heterocycles. The summed E-state index contributed by atoms with van der Waals surface area (Å²) in [6.07, 6.45) is 1.69. The Morgan fingerprint density at radius 2 is 1.85 bits per heavy atom. The number of esters is 1. The number of nitrogens with zero attached hydrogens (tertiary/aromatic N) is 2. The maximum absolute atomic E-state index is 12.9. The molecule has 7 nitrogen and oxygen atoms in total. The number of methoxy groups -OCH3 is 2. The number of carbonyl (C=O) groups excluding carboxylic acids is 2. The number of benzene rings is 2. The molecule has 1 amide bonds. The van der Waals surface area contributed by atoms with Crippen molar-refractivity contribution in [1.29, 1.82) is 0 Å². The molecular formula is C25H22N2O5S. The first-order valence-electron chi connectivity index (χ1n) is 10.3. The first-order valence-corrected chi connectivity index (χ1v) is 11.1. The van der Waals surface area contributed by atoms with Crippen LogP contribution in [0, 0.1) is 0 Å². The van der Waals surface area contributed by atoms with Crippen molar-refractivity contribution in [2.75, 3.05) is 20.8 Å². The quantitative estimate of drug-likeness (QED) is 0.362. The fourth-order valence-electron chi connectivity index (χ4n) is 3.33. The number of ether oxygens (including phenoxy) is 2. The molecule has 0 N–H and O–H groups in total. The van der Waals surface area contributed by atoms with Gasteiger partial charge in [0, 0.05) is 18.2 Å². The molecule has 2 heterocycles. The van der Waals surface area contributed by atoms with Crippen molar-refractivity contribution in [2.24, 2.45) is 4.99 Å². The van der Waals surface area contributed by atoms with Gasteiger partial charge in [-0.1, -0.05) is 18.2 Å². The number of rotatable bonds is 6. The van der Waals surface area contributed by atoms with E-state index >= 15 is 0 Å². The van der Waals surface area contributed by atoms with Crippen molar-refractivity contribution in [2.45, 2.75) is 6.92 Å². The Balaban J connectivity index is 1.61. The molecule has 0 bridgehead atoms. The molecule has 4 rings (SSSR count). The topological polar surface area (TPSA) is 81.3 Å². The van der Waals surface area contributed by atoms with Crippen LogP contribution >= 0.6 is 11.8 Å². The Kier molecular flexibility index (Phi) is 6.65. The molecule has 0 aliphatic carbocycles. The van der Waals surface area contributed by atoms with Crippen LogP contribution in [0.3, 0.4) is 0 Å². The van der Waals surface area contributed by atoms with Gasteiger partial charge in [0.05, 0.1) is 30.4 Å². The van der Waals surface area contributed by atoms with Gasteiger partial charge in [-0.15, -0.1) is 0 Å². The normalized spacial score (nSPS) is 16.0. The van der Waals surface area contributed by atoms with Crippen molar-refractivity contribution in [1.82, 2.24) is 4.90 Å². The summed E-state index contributed by atoms with van der Waals surface area (Å²) in [6.45, 7) is 2.40. The minimum atomic E-state index is -0.443. The zero-order valence-electron chi connectivity index (χ0n) is 18.4. The molecule has 0 saturated carbocycles. The van der Waals surface area contributed by atoms with Gasteiger partial charge in [-0.2, -0.15) is 0 Å². The fraction of sp³-hybridized carbons (Fsp3) is 0.160. The predicted molar refractivity (Wildman–Crippen MR) is 129 cm³/mol. The Morgan fingerprint density at radius 1 is 1.09 bits per heavy atom. The lowest BCUT2D eigenvalue weighted by atomic mass is 10.1. The van der Waals surface area contributed by atoms with E-state index in [1.165, 1.54) is 18.9 Å². The number of carbonyl (C=O) groups is 2. The smallest absolute Gasteiger partial charge is 0.338 e. The molecule has 0 radical (unpaired) electrons. The number of amidine groups is 1. The van der Waals surface area contributed by atoms with Crippen LogP contribution in [0.5, 0.6) is 5.75 Å². The molecule has 33 heavy (non-hydrogen) atoms. The highest BCUT2D eigenvalue weighted by atomic mass is 32.2. The maximum atomic E-state index is 12.9. The monoisotopic (exact) mass is 462 g/mol. The first-order chi connectivity index (χ1) is 16.0. The first kappa shape index (κ1) is 22.4. The van der Waals surface area contributed by atoms with E-state index in [1.807, 2.05) is 37.3 Å². The summed E-state index contributed by atoms with van der Waals surface area (Å²) in [7, 11) is 2.95. The van der Waals surface area contributed by atoms with Crippen molar-refractivity contribution >= 4 is 40.6 Å². The molecule has 3 aromatic rings. The standard InChI is InChI=1S/C25H22N2O5S/c1-4-27-23(28)22(33-25(27)26-16-9-11-17(30-2)12-10-16)15-18-13-14-21(32-18)19-7-5-6-8-20(19)24(29)31-3/h5-15H,4H2,1-3H3/b22-15+,26-25?. The summed E-state index contributed by atoms with van der Waals surface area (Å²) in [5, 5.41) is 0.599. The van der Waals surface area contributed by atoms with Gasteiger partial charge in [-0.25, -0.2) is 9.79 Å². The molecule has 1 aliphatic heterocycles. The zero-order valence-corrected chi connectivity index (χ0v) is 19.2. The van der Waals surface area contributed by atoms with Crippen molar-refractivity contribution < 1.29 is 23.5 Å². The minimum Gasteiger partial charge on any atom is -0.497 e. The molecule has 0 atom stereocenters. The largest absolute Gasteiger partial charge is 0.497 e. The highest BCUT2D eigenvalue weighted by Crippen LogP contribution is 2.35. The van der Waals surface area contributed by atoms with E-state index in [0.717, 1.165) is 11.4 Å². The number of aliphatic imine (C=N–C) groups is 1. The van der Waals surface area contributed by atoms with Gasteiger partial charge in [0.15, 0.2) is 5.17 Å². The second-order valence-electron chi connectivity index (χ2n) is 6.99. The molecule has 1 aliphatic rings. The molecule has 168 valence electrons. The van der Waals surface area contributed by atoms with Crippen molar-refractivity contribution in [3.05, 3.63) is 76.9 Å². The molecular weight excluding hydrogens is 440 g/mol. The lowest BCUT2D eigenvalue weighted by molar-refractivity contribution is -0.122. The van der Waals surface area contributed by atoms with Crippen LogP contribution < -0.4 is 4.74 Å². The van der Waals surface area contributed by atoms with Crippen LogP contribution in [0.25, 0.3) is 17.4 Å². The summed E-state index contributed by atoms with van der Waals surface area (Å²) in [6, 6.07) is 17.9. The summed E-state index contributed by atoms with van der Waals surface area (Å²) in [5.41, 5.74) is 1.76. The molecule has 1 fully saturated rings. The van der Waals surface area contributed by atoms with Crippen molar-refractivity contribution in [3.63, 3.8) is 0 Å². The van der Waals surface area contributed by atoms with Gasteiger partial charge >= 0.3 is 5.97 Å². The lowest BCUT2D eigenvalue weighted by Gasteiger charge is -2.12. The summed E-state index contributed by atoms with van der Waals surface area (Å²) in [4.78, 5) is 31.8. The van der Waals surface area contributed by atoms with E-state index < -0.39 is 5.97 Å². The van der Waals surface area contributed by atoms with Crippen LogP contribution in [0.1, 0.15) is 23.0 Å². The Hall–Kier alpha value is -3.78. The zero-order chi connectivity index (χ0) is 23.4. The fourth-order valence-corrected chi connectivity index (χ4v) is 4.37. The number of amides is 1. The Morgan fingerprint density at radius 3 is 2.55 bits per heavy atom. The third kappa shape index (κ3) is 4.70. The second kappa shape index (κ2) is 9.79. The summed E-state index contributed by atoms with van der Waals surface area (Å²) >= 11 is 1.29. The van der Waals surface area contributed by atoms with E-state index in [0.29, 0.717) is 39.3 Å². The van der Waals surface area contributed by atoms with Crippen LogP contribution in [-0.2, 0) is 9.53 Å². The third-order valence-corrected chi connectivity index (χ3v) is 6.01. The van der Waals surface area contributed by atoms with Gasteiger partial charge < -0.3 is 13.9 Å².